The predicted molar refractivity (Wildman–Crippen MR) is 78.5 cm³/mol. The number of methoxy groups -OCH3 is 2. The zero-order valence-electron chi connectivity index (χ0n) is 11.0. The van der Waals surface area contributed by atoms with Gasteiger partial charge in [-0.1, -0.05) is 35.5 Å². The second-order valence-electron chi connectivity index (χ2n) is 3.75. The highest BCUT2D eigenvalue weighted by Gasteiger charge is 2.08. The van der Waals surface area contributed by atoms with Crippen molar-refractivity contribution in [3.8, 4) is 11.6 Å². The van der Waals surface area contributed by atoms with E-state index in [2.05, 4.69) is 40.5 Å². The van der Waals surface area contributed by atoms with Gasteiger partial charge >= 0.3 is 0 Å². The molecule has 98 valence electrons. The summed E-state index contributed by atoms with van der Waals surface area (Å²) in [4.78, 5) is 4.24. The summed E-state index contributed by atoms with van der Waals surface area (Å²) in [5.41, 5.74) is 3.23. The van der Waals surface area contributed by atoms with E-state index in [0.29, 0.717) is 11.6 Å². The molecule has 1 aromatic rings. The van der Waals surface area contributed by atoms with Gasteiger partial charge in [0.05, 0.1) is 14.2 Å². The van der Waals surface area contributed by atoms with Crippen LogP contribution in [0.2, 0.25) is 0 Å². The first-order valence-electron chi connectivity index (χ1n) is 5.68. The van der Waals surface area contributed by atoms with Crippen LogP contribution < -0.4 is 9.47 Å². The highest BCUT2D eigenvalue weighted by atomic mass is 79.9. The number of halogens is 1. The van der Waals surface area contributed by atoms with Crippen molar-refractivity contribution in [3.05, 3.63) is 36.1 Å². The Kier molecular flexibility index (Phi) is 5.92. The van der Waals surface area contributed by atoms with Gasteiger partial charge in [0.25, 0.3) is 5.88 Å². The van der Waals surface area contributed by atoms with Crippen molar-refractivity contribution in [1.82, 2.24) is 4.98 Å². The lowest BCUT2D eigenvalue weighted by Gasteiger charge is -2.10. The summed E-state index contributed by atoms with van der Waals surface area (Å²) >= 11 is 3.39. The summed E-state index contributed by atoms with van der Waals surface area (Å²) in [6.45, 7) is 6.06. The number of ether oxygens (including phenoxy) is 2. The normalized spacial score (nSPS) is 11.2. The highest BCUT2D eigenvalue weighted by Crippen LogP contribution is 2.29. The number of aromatic nitrogens is 1. The van der Waals surface area contributed by atoms with Crippen molar-refractivity contribution in [1.29, 1.82) is 0 Å². The van der Waals surface area contributed by atoms with Crippen molar-refractivity contribution in [3.63, 3.8) is 0 Å². The minimum Gasteiger partial charge on any atom is -0.491 e. The number of allylic oxidation sites excluding steroid dienone is 3. The lowest BCUT2D eigenvalue weighted by atomic mass is 10.0. The topological polar surface area (TPSA) is 31.4 Å². The lowest BCUT2D eigenvalue weighted by Crippen LogP contribution is -1.95. The minimum absolute atomic E-state index is 0.496. The van der Waals surface area contributed by atoms with Gasteiger partial charge in [0, 0.05) is 11.5 Å². The Labute approximate surface area is 117 Å². The third kappa shape index (κ3) is 3.60. The summed E-state index contributed by atoms with van der Waals surface area (Å²) in [5, 5.41) is 0.761. The maximum atomic E-state index is 5.26. The van der Waals surface area contributed by atoms with E-state index in [9.17, 15) is 0 Å². The maximum absolute atomic E-state index is 5.26. The third-order valence-electron chi connectivity index (χ3n) is 2.53. The van der Waals surface area contributed by atoms with E-state index in [4.69, 9.17) is 9.47 Å². The fourth-order valence-electron chi connectivity index (χ4n) is 1.58. The molecular formula is C14H18BrNO2. The van der Waals surface area contributed by atoms with Gasteiger partial charge in [-0.15, -0.1) is 0 Å². The summed E-state index contributed by atoms with van der Waals surface area (Å²) in [6.07, 6.45) is 4.76. The number of hydrogen-bond acceptors (Lipinski definition) is 3. The van der Waals surface area contributed by atoms with Crippen LogP contribution in [0, 0.1) is 0 Å². The first-order chi connectivity index (χ1) is 8.65. The Bertz CT molecular complexity index is 455. The van der Waals surface area contributed by atoms with E-state index < -0.39 is 0 Å². The Morgan fingerprint density at radius 1 is 1.44 bits per heavy atom. The average molecular weight is 312 g/mol. The molecule has 1 rings (SSSR count). The van der Waals surface area contributed by atoms with Gasteiger partial charge in [0.15, 0.2) is 5.75 Å². The first-order valence-corrected chi connectivity index (χ1v) is 6.81. The molecule has 1 heterocycles. The molecule has 0 bridgehead atoms. The van der Waals surface area contributed by atoms with Crippen molar-refractivity contribution < 1.29 is 9.47 Å². The fourth-order valence-corrected chi connectivity index (χ4v) is 1.74. The molecule has 1 aromatic heterocycles. The molecule has 0 unspecified atom stereocenters. The van der Waals surface area contributed by atoms with Crippen LogP contribution in [-0.4, -0.2) is 24.5 Å². The third-order valence-corrected chi connectivity index (χ3v) is 3.25. The molecule has 0 amide bonds. The number of hydrogen-bond donors (Lipinski definition) is 0. The molecule has 0 saturated carbocycles. The standard InChI is InChI=1S/C14H18BrNO2/c1-5-11(6-10(2)8-15)12-7-13(17-3)14(18-4)16-9-12/h6-7,9H,2,5,8H2,1,3-4H3/b11-6+. The van der Waals surface area contributed by atoms with Crippen LogP contribution in [0.5, 0.6) is 11.6 Å². The quantitative estimate of drug-likeness (QED) is 0.591. The second kappa shape index (κ2) is 7.21. The second-order valence-corrected chi connectivity index (χ2v) is 4.31. The van der Waals surface area contributed by atoms with Crippen LogP contribution in [0.1, 0.15) is 18.9 Å². The minimum atomic E-state index is 0.496. The van der Waals surface area contributed by atoms with E-state index in [-0.39, 0.29) is 0 Å². The van der Waals surface area contributed by atoms with Crippen molar-refractivity contribution >= 4 is 21.5 Å². The summed E-state index contributed by atoms with van der Waals surface area (Å²) < 4.78 is 10.4. The molecule has 4 heteroatoms. The van der Waals surface area contributed by atoms with Gasteiger partial charge in [0.1, 0.15) is 0 Å². The molecule has 0 aromatic carbocycles. The maximum Gasteiger partial charge on any atom is 0.256 e. The van der Waals surface area contributed by atoms with E-state index in [0.717, 1.165) is 22.9 Å². The molecule has 0 aliphatic rings. The van der Waals surface area contributed by atoms with Gasteiger partial charge in [-0.2, -0.15) is 0 Å². The van der Waals surface area contributed by atoms with Crippen molar-refractivity contribution in [2.75, 3.05) is 19.5 Å². The van der Waals surface area contributed by atoms with Gasteiger partial charge in [-0.05, 0) is 29.2 Å². The molecule has 3 nitrogen and oxygen atoms in total. The number of alkyl halides is 1. The molecule has 0 saturated heterocycles. The van der Waals surface area contributed by atoms with Crippen molar-refractivity contribution in [2.45, 2.75) is 13.3 Å². The molecule has 0 fully saturated rings. The summed E-state index contributed by atoms with van der Waals surface area (Å²) in [7, 11) is 3.18. The van der Waals surface area contributed by atoms with Crippen LogP contribution in [0.4, 0.5) is 0 Å². The molecule has 0 aliphatic carbocycles. The smallest absolute Gasteiger partial charge is 0.256 e. The van der Waals surface area contributed by atoms with E-state index in [1.807, 2.05) is 6.07 Å². The molecule has 0 radical (unpaired) electrons. The largest absolute Gasteiger partial charge is 0.491 e. The summed E-state index contributed by atoms with van der Waals surface area (Å²) in [5.74, 6) is 1.13. The van der Waals surface area contributed by atoms with E-state index >= 15 is 0 Å². The number of nitrogens with zero attached hydrogens (tertiary/aromatic N) is 1. The molecule has 18 heavy (non-hydrogen) atoms. The molecular weight excluding hydrogens is 294 g/mol. The van der Waals surface area contributed by atoms with Crippen LogP contribution in [-0.2, 0) is 0 Å². The zero-order chi connectivity index (χ0) is 13.5. The van der Waals surface area contributed by atoms with Crippen molar-refractivity contribution in [2.24, 2.45) is 0 Å². The summed E-state index contributed by atoms with van der Waals surface area (Å²) in [6, 6.07) is 1.93. The van der Waals surface area contributed by atoms with Gasteiger partial charge in [-0.3, -0.25) is 0 Å². The first kappa shape index (κ1) is 14.8. The average Bonchev–Trinajstić information content (AvgIpc) is 2.43. The van der Waals surface area contributed by atoms with Gasteiger partial charge in [0.2, 0.25) is 0 Å². The Morgan fingerprint density at radius 3 is 2.67 bits per heavy atom. The number of pyridine rings is 1. The van der Waals surface area contributed by atoms with Crippen LogP contribution in [0.3, 0.4) is 0 Å². The highest BCUT2D eigenvalue weighted by molar-refractivity contribution is 9.09. The van der Waals surface area contributed by atoms with Gasteiger partial charge < -0.3 is 9.47 Å². The Hall–Kier alpha value is -1.29. The van der Waals surface area contributed by atoms with Crippen LogP contribution in [0.15, 0.2) is 30.5 Å². The SMILES string of the molecule is C=C(/C=C(\CC)c1cnc(OC)c(OC)c1)CBr. The Morgan fingerprint density at radius 2 is 2.17 bits per heavy atom. The fraction of sp³-hybridized carbons (Fsp3) is 0.357. The van der Waals surface area contributed by atoms with Gasteiger partial charge in [-0.25, -0.2) is 4.98 Å². The van der Waals surface area contributed by atoms with Crippen LogP contribution >= 0.6 is 15.9 Å². The van der Waals surface area contributed by atoms with Crippen LogP contribution in [0.25, 0.3) is 5.57 Å². The monoisotopic (exact) mass is 311 g/mol. The number of rotatable bonds is 6. The molecule has 0 N–H and O–H groups in total. The van der Waals surface area contributed by atoms with E-state index in [1.165, 1.54) is 5.57 Å². The molecule has 0 aliphatic heterocycles. The van der Waals surface area contributed by atoms with E-state index in [1.54, 1.807) is 20.4 Å². The predicted octanol–water partition coefficient (Wildman–Crippen LogP) is 3.84. The molecule has 0 spiro atoms. The zero-order valence-corrected chi connectivity index (χ0v) is 12.6. The lowest BCUT2D eigenvalue weighted by molar-refractivity contribution is 0.343. The molecule has 0 atom stereocenters. The Balaban J connectivity index is 3.15.